The Morgan fingerprint density at radius 2 is 1.94 bits per heavy atom. The minimum absolute atomic E-state index is 0.391. The van der Waals surface area contributed by atoms with E-state index in [2.05, 4.69) is 60.7 Å². The molecule has 2 unspecified atom stereocenters. The van der Waals surface area contributed by atoms with Crippen LogP contribution >= 0.6 is 22.6 Å². The van der Waals surface area contributed by atoms with Crippen LogP contribution in [0, 0.1) is 14.9 Å². The summed E-state index contributed by atoms with van der Waals surface area (Å²) in [6, 6.07) is 9.26. The van der Waals surface area contributed by atoms with Gasteiger partial charge in [-0.05, 0) is 77.3 Å². The molecule has 2 N–H and O–H groups in total. The molecule has 1 saturated carbocycles. The maximum atomic E-state index is 6.28. The van der Waals surface area contributed by atoms with Crippen molar-refractivity contribution >= 4 is 22.6 Å². The Labute approximate surface area is 118 Å². The highest BCUT2D eigenvalue weighted by Crippen LogP contribution is 2.39. The Bertz CT molecular complexity index is 369. The molecule has 0 aromatic heterocycles. The zero-order valence-electron chi connectivity index (χ0n) is 10.7. The fourth-order valence-corrected chi connectivity index (χ4v) is 3.26. The van der Waals surface area contributed by atoms with Gasteiger partial charge in [0.15, 0.2) is 0 Å². The molecule has 2 rings (SSSR count). The third-order valence-electron chi connectivity index (χ3n) is 3.99. The average molecular weight is 343 g/mol. The topological polar surface area (TPSA) is 26.0 Å². The van der Waals surface area contributed by atoms with Crippen molar-refractivity contribution in [1.82, 2.24) is 0 Å². The predicted octanol–water partition coefficient (Wildman–Crippen LogP) is 3.99. The van der Waals surface area contributed by atoms with E-state index in [-0.39, 0.29) is 0 Å². The van der Waals surface area contributed by atoms with Crippen molar-refractivity contribution in [2.75, 3.05) is 0 Å². The molecular weight excluding hydrogens is 321 g/mol. The third-order valence-corrected chi connectivity index (χ3v) is 4.71. The molecule has 1 nitrogen and oxygen atoms in total. The molecule has 0 spiro atoms. The highest BCUT2D eigenvalue weighted by molar-refractivity contribution is 14.1. The Hall–Kier alpha value is -0.0900. The lowest BCUT2D eigenvalue weighted by Crippen LogP contribution is -2.40. The molecule has 0 bridgehead atoms. The number of nitrogens with two attached hydrogens (primary N) is 1. The van der Waals surface area contributed by atoms with E-state index in [1.807, 2.05) is 0 Å². The van der Waals surface area contributed by atoms with E-state index in [1.165, 1.54) is 28.4 Å². The minimum Gasteiger partial charge on any atom is -0.327 e. The summed E-state index contributed by atoms with van der Waals surface area (Å²) in [4.78, 5) is 0. The molecule has 2 heteroatoms. The van der Waals surface area contributed by atoms with E-state index in [1.54, 1.807) is 0 Å². The van der Waals surface area contributed by atoms with Gasteiger partial charge in [-0.3, -0.25) is 0 Å². The summed E-state index contributed by atoms with van der Waals surface area (Å²) in [5, 5.41) is 0. The summed E-state index contributed by atoms with van der Waals surface area (Å²) in [6.07, 6.45) is 4.86. The second-order valence-electron chi connectivity index (χ2n) is 6.16. The van der Waals surface area contributed by atoms with Gasteiger partial charge >= 0.3 is 0 Å². The van der Waals surface area contributed by atoms with Gasteiger partial charge < -0.3 is 5.73 Å². The lowest BCUT2D eigenvalue weighted by molar-refractivity contribution is 0.157. The number of rotatable bonds is 2. The van der Waals surface area contributed by atoms with Crippen molar-refractivity contribution < 1.29 is 0 Å². The first-order valence-corrected chi connectivity index (χ1v) is 7.54. The summed E-state index contributed by atoms with van der Waals surface area (Å²) < 4.78 is 1.31. The summed E-state index contributed by atoms with van der Waals surface area (Å²) in [7, 11) is 0. The largest absolute Gasteiger partial charge is 0.327 e. The molecule has 1 fully saturated rings. The fraction of sp³-hybridized carbons (Fsp3) is 0.600. The molecule has 2 atom stereocenters. The number of hydrogen-bond acceptors (Lipinski definition) is 1. The molecule has 0 radical (unpaired) electrons. The summed E-state index contributed by atoms with van der Waals surface area (Å²) in [5.41, 5.74) is 8.19. The predicted molar refractivity (Wildman–Crippen MR) is 82.0 cm³/mol. The van der Waals surface area contributed by atoms with Crippen molar-refractivity contribution in [2.45, 2.75) is 45.6 Å². The van der Waals surface area contributed by atoms with Crippen LogP contribution in [0.5, 0.6) is 0 Å². The molecule has 1 aliphatic carbocycles. The quantitative estimate of drug-likeness (QED) is 0.808. The number of halogens is 1. The van der Waals surface area contributed by atoms with Gasteiger partial charge in [0.1, 0.15) is 0 Å². The Balaban J connectivity index is 2.04. The van der Waals surface area contributed by atoms with Crippen molar-refractivity contribution in [3.8, 4) is 0 Å². The number of benzene rings is 1. The molecule has 1 aromatic carbocycles. The van der Waals surface area contributed by atoms with Crippen molar-refractivity contribution in [3.05, 3.63) is 33.4 Å². The van der Waals surface area contributed by atoms with Crippen LogP contribution in [-0.4, -0.2) is 6.04 Å². The minimum atomic E-state index is 0.391. The van der Waals surface area contributed by atoms with Crippen LogP contribution in [0.25, 0.3) is 0 Å². The number of hydrogen-bond donors (Lipinski definition) is 1. The molecule has 0 amide bonds. The van der Waals surface area contributed by atoms with Crippen LogP contribution in [0.1, 0.15) is 38.7 Å². The fourth-order valence-electron chi connectivity index (χ4n) is 2.90. The molecule has 0 aliphatic heterocycles. The van der Waals surface area contributed by atoms with Crippen molar-refractivity contribution in [1.29, 1.82) is 0 Å². The molecular formula is C15H22IN. The first-order valence-electron chi connectivity index (χ1n) is 6.46. The van der Waals surface area contributed by atoms with E-state index < -0.39 is 0 Å². The Morgan fingerprint density at radius 1 is 1.29 bits per heavy atom. The van der Waals surface area contributed by atoms with Crippen molar-refractivity contribution in [2.24, 2.45) is 17.1 Å². The first kappa shape index (κ1) is 13.3. The second-order valence-corrected chi connectivity index (χ2v) is 7.41. The van der Waals surface area contributed by atoms with Crippen LogP contribution in [0.4, 0.5) is 0 Å². The SMILES string of the molecule is CC1(C)CCC(N)C(Cc2ccc(I)cc2)C1. The Kier molecular flexibility index (Phi) is 4.14. The second kappa shape index (κ2) is 5.27. The van der Waals surface area contributed by atoms with Gasteiger partial charge in [-0.25, -0.2) is 0 Å². The summed E-state index contributed by atoms with van der Waals surface area (Å²) >= 11 is 2.35. The zero-order chi connectivity index (χ0) is 12.5. The van der Waals surface area contributed by atoms with E-state index in [0.29, 0.717) is 17.4 Å². The highest BCUT2D eigenvalue weighted by atomic mass is 127. The van der Waals surface area contributed by atoms with Gasteiger partial charge in [-0.2, -0.15) is 0 Å². The smallest absolute Gasteiger partial charge is 0.0130 e. The molecule has 1 aliphatic rings. The van der Waals surface area contributed by atoms with Crippen molar-refractivity contribution in [3.63, 3.8) is 0 Å². The summed E-state index contributed by atoms with van der Waals surface area (Å²) in [6.45, 7) is 4.75. The lowest BCUT2D eigenvalue weighted by Gasteiger charge is -2.39. The molecule has 94 valence electrons. The highest BCUT2D eigenvalue weighted by Gasteiger charge is 2.32. The van der Waals surface area contributed by atoms with Crippen LogP contribution < -0.4 is 5.73 Å². The van der Waals surface area contributed by atoms with Crippen LogP contribution in [0.3, 0.4) is 0 Å². The van der Waals surface area contributed by atoms with Crippen LogP contribution in [-0.2, 0) is 6.42 Å². The molecule has 17 heavy (non-hydrogen) atoms. The summed E-state index contributed by atoms with van der Waals surface area (Å²) in [5.74, 6) is 0.652. The standard InChI is InChI=1S/C15H22IN/c1-15(2)8-7-14(17)12(10-15)9-11-3-5-13(16)6-4-11/h3-6,12,14H,7-10,17H2,1-2H3. The van der Waals surface area contributed by atoms with Gasteiger partial charge in [0.05, 0.1) is 0 Å². The van der Waals surface area contributed by atoms with E-state index in [4.69, 9.17) is 5.73 Å². The van der Waals surface area contributed by atoms with E-state index in [0.717, 1.165) is 6.42 Å². The average Bonchev–Trinajstić information content (AvgIpc) is 2.26. The van der Waals surface area contributed by atoms with Gasteiger partial charge in [-0.1, -0.05) is 26.0 Å². The van der Waals surface area contributed by atoms with Crippen LogP contribution in [0.15, 0.2) is 24.3 Å². The van der Waals surface area contributed by atoms with Gasteiger partial charge in [0, 0.05) is 9.61 Å². The van der Waals surface area contributed by atoms with E-state index >= 15 is 0 Å². The normalized spacial score (nSPS) is 28.0. The Morgan fingerprint density at radius 3 is 2.59 bits per heavy atom. The maximum absolute atomic E-state index is 6.28. The van der Waals surface area contributed by atoms with Gasteiger partial charge in [0.25, 0.3) is 0 Å². The first-order chi connectivity index (χ1) is 7.96. The van der Waals surface area contributed by atoms with Gasteiger partial charge in [-0.15, -0.1) is 0 Å². The lowest BCUT2D eigenvalue weighted by atomic mass is 9.68. The molecule has 0 heterocycles. The zero-order valence-corrected chi connectivity index (χ0v) is 12.9. The van der Waals surface area contributed by atoms with Gasteiger partial charge in [0.2, 0.25) is 0 Å². The monoisotopic (exact) mass is 343 g/mol. The van der Waals surface area contributed by atoms with Crippen LogP contribution in [0.2, 0.25) is 0 Å². The van der Waals surface area contributed by atoms with E-state index in [9.17, 15) is 0 Å². The maximum Gasteiger partial charge on any atom is 0.0130 e. The molecule has 1 aromatic rings. The molecule has 0 saturated heterocycles. The third kappa shape index (κ3) is 3.68.